The third-order valence-electron chi connectivity index (χ3n) is 2.67. The predicted molar refractivity (Wildman–Crippen MR) is 82.1 cm³/mol. The van der Waals surface area contributed by atoms with E-state index in [1.54, 1.807) is 6.08 Å². The third-order valence-corrected chi connectivity index (χ3v) is 3.33. The largest absolute Gasteiger partial charge is 0.478 e. The molecule has 0 fully saturated rings. The maximum Gasteiger partial charge on any atom is 0.328 e. The molecule has 0 heterocycles. The van der Waals surface area contributed by atoms with E-state index in [1.807, 2.05) is 49.4 Å². The Morgan fingerprint density at radius 2 is 1.95 bits per heavy atom. The van der Waals surface area contributed by atoms with Crippen LogP contribution in [-0.2, 0) is 4.79 Å². The van der Waals surface area contributed by atoms with Crippen LogP contribution in [0, 0.1) is 6.92 Å². The van der Waals surface area contributed by atoms with Gasteiger partial charge in [0.15, 0.2) is 0 Å². The molecule has 4 heteroatoms. The van der Waals surface area contributed by atoms with Crippen LogP contribution in [0.2, 0.25) is 0 Å². The van der Waals surface area contributed by atoms with Gasteiger partial charge in [-0.15, -0.1) is 0 Å². The standard InChI is InChI=1S/C16H13BrO3/c1-11-10-12(7-9-16(18)19)6-8-14(11)20-15-5-3-2-4-13(15)17/h2-10H,1H3,(H,18,19). The minimum absolute atomic E-state index is 0.740. The van der Waals surface area contributed by atoms with Crippen LogP contribution < -0.4 is 4.74 Å². The number of halogens is 1. The lowest BCUT2D eigenvalue weighted by Crippen LogP contribution is -1.90. The molecule has 0 amide bonds. The molecule has 3 nitrogen and oxygen atoms in total. The second-order valence-corrected chi connectivity index (χ2v) is 5.08. The van der Waals surface area contributed by atoms with Gasteiger partial charge in [-0.05, 0) is 64.3 Å². The van der Waals surface area contributed by atoms with Crippen molar-refractivity contribution in [2.45, 2.75) is 6.92 Å². The van der Waals surface area contributed by atoms with E-state index >= 15 is 0 Å². The molecule has 0 aliphatic carbocycles. The highest BCUT2D eigenvalue weighted by Crippen LogP contribution is 2.31. The van der Waals surface area contributed by atoms with Crippen LogP contribution in [0.4, 0.5) is 0 Å². The van der Waals surface area contributed by atoms with Gasteiger partial charge in [-0.3, -0.25) is 0 Å². The Balaban J connectivity index is 2.22. The molecule has 2 rings (SSSR count). The number of para-hydroxylation sites is 1. The Labute approximate surface area is 125 Å². The maximum atomic E-state index is 10.5. The van der Waals surface area contributed by atoms with Crippen molar-refractivity contribution in [3.05, 3.63) is 64.1 Å². The van der Waals surface area contributed by atoms with E-state index < -0.39 is 5.97 Å². The van der Waals surface area contributed by atoms with Crippen molar-refractivity contribution in [3.8, 4) is 11.5 Å². The lowest BCUT2D eigenvalue weighted by molar-refractivity contribution is -0.131. The summed E-state index contributed by atoms with van der Waals surface area (Å²) in [6.45, 7) is 1.92. The van der Waals surface area contributed by atoms with Gasteiger partial charge in [0.1, 0.15) is 11.5 Å². The van der Waals surface area contributed by atoms with E-state index in [0.29, 0.717) is 0 Å². The van der Waals surface area contributed by atoms with E-state index in [0.717, 1.165) is 33.2 Å². The zero-order chi connectivity index (χ0) is 14.5. The third kappa shape index (κ3) is 3.71. The number of carboxylic acid groups (broad SMARTS) is 1. The van der Waals surface area contributed by atoms with Crippen molar-refractivity contribution >= 4 is 28.0 Å². The molecule has 2 aromatic rings. The normalized spacial score (nSPS) is 10.7. The summed E-state index contributed by atoms with van der Waals surface area (Å²) in [6.07, 6.45) is 2.67. The Hall–Kier alpha value is -2.07. The highest BCUT2D eigenvalue weighted by atomic mass is 79.9. The number of rotatable bonds is 4. The molecule has 0 bridgehead atoms. The van der Waals surface area contributed by atoms with Crippen LogP contribution in [-0.4, -0.2) is 11.1 Å². The molecule has 102 valence electrons. The van der Waals surface area contributed by atoms with Gasteiger partial charge in [0, 0.05) is 6.08 Å². The molecule has 0 aliphatic heterocycles. The van der Waals surface area contributed by atoms with Crippen LogP contribution in [0.25, 0.3) is 6.08 Å². The fraction of sp³-hybridized carbons (Fsp3) is 0.0625. The Bertz CT molecular complexity index is 663. The summed E-state index contributed by atoms with van der Waals surface area (Å²) in [5, 5.41) is 8.61. The van der Waals surface area contributed by atoms with Crippen molar-refractivity contribution < 1.29 is 14.6 Å². The summed E-state index contributed by atoms with van der Waals surface area (Å²) in [5.41, 5.74) is 1.76. The molecule has 20 heavy (non-hydrogen) atoms. The Morgan fingerprint density at radius 1 is 1.20 bits per heavy atom. The van der Waals surface area contributed by atoms with Crippen molar-refractivity contribution in [2.24, 2.45) is 0 Å². The summed E-state index contributed by atoms with van der Waals surface area (Å²) in [4.78, 5) is 10.5. The topological polar surface area (TPSA) is 46.5 Å². The second-order valence-electron chi connectivity index (χ2n) is 4.23. The summed E-state index contributed by atoms with van der Waals surface area (Å²) >= 11 is 3.43. The number of hydrogen-bond donors (Lipinski definition) is 1. The van der Waals surface area contributed by atoms with Gasteiger partial charge in [0.25, 0.3) is 0 Å². The average molecular weight is 333 g/mol. The Kier molecular flexibility index (Phi) is 4.58. The monoisotopic (exact) mass is 332 g/mol. The first-order valence-electron chi connectivity index (χ1n) is 6.00. The van der Waals surface area contributed by atoms with Crippen LogP contribution >= 0.6 is 15.9 Å². The maximum absolute atomic E-state index is 10.5. The zero-order valence-electron chi connectivity index (χ0n) is 10.8. The molecule has 0 spiro atoms. The molecule has 2 aromatic carbocycles. The molecule has 0 saturated heterocycles. The van der Waals surface area contributed by atoms with Gasteiger partial charge >= 0.3 is 5.97 Å². The molecular formula is C16H13BrO3. The first-order valence-corrected chi connectivity index (χ1v) is 6.79. The molecule has 0 unspecified atom stereocenters. The second kappa shape index (κ2) is 6.39. The smallest absolute Gasteiger partial charge is 0.328 e. The number of aryl methyl sites for hydroxylation is 1. The van der Waals surface area contributed by atoms with Gasteiger partial charge in [-0.2, -0.15) is 0 Å². The molecule has 0 atom stereocenters. The lowest BCUT2D eigenvalue weighted by atomic mass is 10.1. The SMILES string of the molecule is Cc1cc(C=CC(=O)O)ccc1Oc1ccccc1Br. The molecule has 1 N–H and O–H groups in total. The van der Waals surface area contributed by atoms with Gasteiger partial charge < -0.3 is 9.84 Å². The van der Waals surface area contributed by atoms with Gasteiger partial charge in [-0.1, -0.05) is 18.2 Å². The number of ether oxygens (including phenoxy) is 1. The summed E-state index contributed by atoms with van der Waals surface area (Å²) in [5.74, 6) is 0.519. The molecule has 0 aliphatic rings. The first kappa shape index (κ1) is 14.3. The summed E-state index contributed by atoms with van der Waals surface area (Å²) in [6, 6.07) is 13.1. The van der Waals surface area contributed by atoms with E-state index in [4.69, 9.17) is 9.84 Å². The minimum Gasteiger partial charge on any atom is -0.478 e. The highest BCUT2D eigenvalue weighted by molar-refractivity contribution is 9.10. The zero-order valence-corrected chi connectivity index (χ0v) is 12.4. The van der Waals surface area contributed by atoms with E-state index in [1.165, 1.54) is 0 Å². The fourth-order valence-electron chi connectivity index (χ4n) is 1.70. The van der Waals surface area contributed by atoms with Crippen LogP contribution in [0.5, 0.6) is 11.5 Å². The van der Waals surface area contributed by atoms with Crippen molar-refractivity contribution in [2.75, 3.05) is 0 Å². The fourth-order valence-corrected chi connectivity index (χ4v) is 2.07. The minimum atomic E-state index is -0.962. The average Bonchev–Trinajstić information content (AvgIpc) is 2.41. The Morgan fingerprint density at radius 3 is 2.60 bits per heavy atom. The van der Waals surface area contributed by atoms with Crippen LogP contribution in [0.1, 0.15) is 11.1 Å². The van der Waals surface area contributed by atoms with E-state index in [9.17, 15) is 4.79 Å². The number of hydrogen-bond acceptors (Lipinski definition) is 2. The molecule has 0 aromatic heterocycles. The number of carbonyl (C=O) groups is 1. The summed E-state index contributed by atoms with van der Waals surface area (Å²) in [7, 11) is 0. The van der Waals surface area contributed by atoms with Crippen molar-refractivity contribution in [1.82, 2.24) is 0 Å². The highest BCUT2D eigenvalue weighted by Gasteiger charge is 2.04. The van der Waals surface area contributed by atoms with Crippen LogP contribution in [0.15, 0.2) is 53.0 Å². The number of benzene rings is 2. The van der Waals surface area contributed by atoms with Gasteiger partial charge in [0.2, 0.25) is 0 Å². The molecule has 0 saturated carbocycles. The molecular weight excluding hydrogens is 320 g/mol. The predicted octanol–water partition coefficient (Wildman–Crippen LogP) is 4.65. The van der Waals surface area contributed by atoms with Crippen molar-refractivity contribution in [3.63, 3.8) is 0 Å². The van der Waals surface area contributed by atoms with Crippen LogP contribution in [0.3, 0.4) is 0 Å². The quantitative estimate of drug-likeness (QED) is 0.829. The van der Waals surface area contributed by atoms with E-state index in [-0.39, 0.29) is 0 Å². The number of carboxylic acids is 1. The lowest BCUT2D eigenvalue weighted by Gasteiger charge is -2.10. The first-order chi connectivity index (χ1) is 9.56. The van der Waals surface area contributed by atoms with Gasteiger partial charge in [-0.25, -0.2) is 4.79 Å². The number of aliphatic carboxylic acids is 1. The van der Waals surface area contributed by atoms with E-state index in [2.05, 4.69) is 15.9 Å². The van der Waals surface area contributed by atoms with Crippen molar-refractivity contribution in [1.29, 1.82) is 0 Å². The molecule has 0 radical (unpaired) electrons. The summed E-state index contributed by atoms with van der Waals surface area (Å²) < 4.78 is 6.72. The van der Waals surface area contributed by atoms with Gasteiger partial charge in [0.05, 0.1) is 4.47 Å².